The zero-order valence-corrected chi connectivity index (χ0v) is 17.6. The Hall–Kier alpha value is -2.11. The summed E-state index contributed by atoms with van der Waals surface area (Å²) >= 11 is 17.7. The van der Waals surface area contributed by atoms with E-state index >= 15 is 0 Å². The lowest BCUT2D eigenvalue weighted by atomic mass is 9.83. The first-order valence-electron chi connectivity index (χ1n) is 8.84. The van der Waals surface area contributed by atoms with E-state index in [1.807, 2.05) is 61.5 Å². The Morgan fingerprint density at radius 1 is 0.929 bits per heavy atom. The number of thiocarbonyl (C=S) groups is 1. The van der Waals surface area contributed by atoms with Crippen molar-refractivity contribution >= 4 is 51.9 Å². The summed E-state index contributed by atoms with van der Waals surface area (Å²) in [7, 11) is 0. The van der Waals surface area contributed by atoms with Gasteiger partial charge in [0, 0.05) is 16.3 Å². The highest BCUT2D eigenvalue weighted by Crippen LogP contribution is 2.37. The van der Waals surface area contributed by atoms with Crippen LogP contribution in [0.5, 0.6) is 0 Å². The van der Waals surface area contributed by atoms with Crippen molar-refractivity contribution in [3.63, 3.8) is 0 Å². The van der Waals surface area contributed by atoms with Crippen LogP contribution in [0, 0.1) is 0 Å². The van der Waals surface area contributed by atoms with E-state index in [4.69, 9.17) is 35.4 Å². The number of nitrogens with one attached hydrogen (secondary N) is 2. The van der Waals surface area contributed by atoms with Crippen molar-refractivity contribution in [2.45, 2.75) is 18.9 Å². The predicted octanol–water partition coefficient (Wildman–Crippen LogP) is 6.45. The second kappa shape index (κ2) is 8.93. The third-order valence-corrected chi connectivity index (χ3v) is 5.33. The van der Waals surface area contributed by atoms with Crippen LogP contribution in [-0.2, 0) is 5.60 Å². The highest BCUT2D eigenvalue weighted by Gasteiger charge is 2.31. The van der Waals surface area contributed by atoms with Gasteiger partial charge in [0.05, 0.1) is 10.7 Å². The zero-order chi connectivity index (χ0) is 20.1. The molecule has 0 aromatic heterocycles. The van der Waals surface area contributed by atoms with E-state index < -0.39 is 5.60 Å². The molecule has 0 saturated heterocycles. The Morgan fingerprint density at radius 3 is 2.29 bits per heavy atom. The van der Waals surface area contributed by atoms with E-state index in [2.05, 4.69) is 10.6 Å². The first-order chi connectivity index (χ1) is 13.4. The van der Waals surface area contributed by atoms with Crippen LogP contribution in [-0.4, -0.2) is 10.2 Å². The fourth-order valence-electron chi connectivity index (χ4n) is 3.09. The second-order valence-corrected chi connectivity index (χ2v) is 7.58. The van der Waals surface area contributed by atoms with E-state index in [1.165, 1.54) is 0 Å². The summed E-state index contributed by atoms with van der Waals surface area (Å²) in [6.07, 6.45) is 0.510. The van der Waals surface area contributed by atoms with Crippen LogP contribution in [0.25, 0.3) is 0 Å². The minimum absolute atomic E-state index is 0.350. The molecule has 0 aliphatic heterocycles. The van der Waals surface area contributed by atoms with Gasteiger partial charge in [0.2, 0.25) is 0 Å². The molecule has 28 heavy (non-hydrogen) atoms. The molecule has 0 aliphatic rings. The molecule has 0 spiro atoms. The topological polar surface area (TPSA) is 44.3 Å². The molecule has 144 valence electrons. The lowest BCUT2D eigenvalue weighted by molar-refractivity contribution is 0.0773. The normalized spacial score (nSPS) is 12.9. The zero-order valence-electron chi connectivity index (χ0n) is 15.2. The molecule has 1 atom stereocenters. The molecule has 3 rings (SSSR count). The molecule has 3 nitrogen and oxygen atoms in total. The average molecular weight is 431 g/mol. The minimum atomic E-state index is -1.14. The van der Waals surface area contributed by atoms with Crippen molar-refractivity contribution in [3.05, 3.63) is 94.0 Å². The molecule has 0 radical (unpaired) electrons. The van der Waals surface area contributed by atoms with Gasteiger partial charge < -0.3 is 15.7 Å². The molecule has 3 aromatic rings. The standard InChI is InChI=1S/C22H20Cl2N2OS/c1-2-22(27,15-8-4-3-5-9-15)17-10-6-7-11-19(17)25-21(28)26-20-14-16(23)12-13-18(20)24/h3-14,27H,2H2,1H3,(H2,25,26,28). The Kier molecular flexibility index (Phi) is 6.57. The van der Waals surface area contributed by atoms with Crippen LogP contribution in [0.15, 0.2) is 72.8 Å². The summed E-state index contributed by atoms with van der Waals surface area (Å²) < 4.78 is 0. The molecular formula is C22H20Cl2N2OS. The van der Waals surface area contributed by atoms with Crippen LogP contribution in [0.1, 0.15) is 24.5 Å². The van der Waals surface area contributed by atoms with E-state index in [0.29, 0.717) is 33.0 Å². The lowest BCUT2D eigenvalue weighted by Gasteiger charge is -2.30. The molecule has 0 aliphatic carbocycles. The maximum Gasteiger partial charge on any atom is 0.175 e. The summed E-state index contributed by atoms with van der Waals surface area (Å²) in [6, 6.07) is 22.3. The van der Waals surface area contributed by atoms with Crippen molar-refractivity contribution in [2.24, 2.45) is 0 Å². The number of aliphatic hydroxyl groups is 1. The molecule has 3 N–H and O–H groups in total. The Morgan fingerprint density at radius 2 is 1.57 bits per heavy atom. The van der Waals surface area contributed by atoms with E-state index in [-0.39, 0.29) is 0 Å². The number of halogens is 2. The summed E-state index contributed by atoms with van der Waals surface area (Å²) in [6.45, 7) is 1.95. The van der Waals surface area contributed by atoms with E-state index in [9.17, 15) is 5.11 Å². The van der Waals surface area contributed by atoms with E-state index in [0.717, 1.165) is 11.1 Å². The van der Waals surface area contributed by atoms with Crippen molar-refractivity contribution in [2.75, 3.05) is 10.6 Å². The summed E-state index contributed by atoms with van der Waals surface area (Å²) in [5.41, 5.74) is 1.74. The lowest BCUT2D eigenvalue weighted by Crippen LogP contribution is -2.29. The van der Waals surface area contributed by atoms with Gasteiger partial charge in [-0.05, 0) is 48.5 Å². The Bertz CT molecular complexity index is 981. The van der Waals surface area contributed by atoms with Crippen LogP contribution in [0.4, 0.5) is 11.4 Å². The van der Waals surface area contributed by atoms with Crippen LogP contribution in [0.2, 0.25) is 10.0 Å². The molecule has 0 amide bonds. The fraction of sp³-hybridized carbons (Fsp3) is 0.136. The second-order valence-electron chi connectivity index (χ2n) is 6.33. The van der Waals surface area contributed by atoms with Crippen LogP contribution < -0.4 is 10.6 Å². The molecule has 0 bridgehead atoms. The minimum Gasteiger partial charge on any atom is -0.380 e. The van der Waals surface area contributed by atoms with Gasteiger partial charge in [0.15, 0.2) is 5.11 Å². The molecule has 0 fully saturated rings. The highest BCUT2D eigenvalue weighted by molar-refractivity contribution is 7.80. The third kappa shape index (κ3) is 4.47. The Labute approximate surface area is 180 Å². The molecule has 0 saturated carbocycles. The largest absolute Gasteiger partial charge is 0.380 e. The maximum atomic E-state index is 11.5. The molecular weight excluding hydrogens is 411 g/mol. The monoisotopic (exact) mass is 430 g/mol. The first-order valence-corrected chi connectivity index (χ1v) is 10.0. The van der Waals surface area contributed by atoms with Crippen molar-refractivity contribution in [3.8, 4) is 0 Å². The van der Waals surface area contributed by atoms with Crippen LogP contribution >= 0.6 is 35.4 Å². The van der Waals surface area contributed by atoms with Crippen molar-refractivity contribution < 1.29 is 5.11 Å². The highest BCUT2D eigenvalue weighted by atomic mass is 35.5. The summed E-state index contributed by atoms with van der Waals surface area (Å²) in [5, 5.41) is 19.1. The molecule has 3 aromatic carbocycles. The van der Waals surface area contributed by atoms with Crippen molar-refractivity contribution in [1.29, 1.82) is 0 Å². The summed E-state index contributed by atoms with van der Waals surface area (Å²) in [5.74, 6) is 0. The molecule has 1 unspecified atom stereocenters. The third-order valence-electron chi connectivity index (χ3n) is 4.56. The fourth-order valence-corrected chi connectivity index (χ4v) is 3.64. The predicted molar refractivity (Wildman–Crippen MR) is 122 cm³/mol. The van der Waals surface area contributed by atoms with Gasteiger partial charge in [-0.25, -0.2) is 0 Å². The molecule has 0 heterocycles. The smallest absolute Gasteiger partial charge is 0.175 e. The quantitative estimate of drug-likeness (QED) is 0.407. The number of anilines is 2. The first kappa shape index (κ1) is 20.6. The number of hydrogen-bond donors (Lipinski definition) is 3. The maximum absolute atomic E-state index is 11.5. The number of benzene rings is 3. The van der Waals surface area contributed by atoms with Gasteiger partial charge in [0.25, 0.3) is 0 Å². The van der Waals surface area contributed by atoms with Crippen molar-refractivity contribution in [1.82, 2.24) is 0 Å². The average Bonchev–Trinajstić information content (AvgIpc) is 2.71. The number of para-hydroxylation sites is 1. The van der Waals surface area contributed by atoms with Gasteiger partial charge in [-0.3, -0.25) is 0 Å². The molecule has 6 heteroatoms. The van der Waals surface area contributed by atoms with Gasteiger partial charge >= 0.3 is 0 Å². The van der Waals surface area contributed by atoms with Gasteiger partial charge in [-0.15, -0.1) is 0 Å². The van der Waals surface area contributed by atoms with Gasteiger partial charge in [0.1, 0.15) is 5.60 Å². The number of rotatable bonds is 5. The summed E-state index contributed by atoms with van der Waals surface area (Å²) in [4.78, 5) is 0. The van der Waals surface area contributed by atoms with Crippen LogP contribution in [0.3, 0.4) is 0 Å². The van der Waals surface area contributed by atoms with Gasteiger partial charge in [-0.2, -0.15) is 0 Å². The number of hydrogen-bond acceptors (Lipinski definition) is 2. The SMILES string of the molecule is CCC(O)(c1ccccc1)c1ccccc1NC(=S)Nc1cc(Cl)ccc1Cl. The van der Waals surface area contributed by atoms with E-state index in [1.54, 1.807) is 18.2 Å². The Balaban J connectivity index is 1.90. The van der Waals surface area contributed by atoms with Gasteiger partial charge in [-0.1, -0.05) is 78.7 Å².